The number of hydrogen-bond acceptors (Lipinski definition) is 7. The number of nitrogens with zero attached hydrogens (tertiary/aromatic N) is 5. The average molecular weight is 382 g/mol. The van der Waals surface area contributed by atoms with Crippen LogP contribution in [0.4, 0.5) is 17.2 Å². The third kappa shape index (κ3) is 4.59. The van der Waals surface area contributed by atoms with Crippen molar-refractivity contribution in [3.05, 3.63) is 34.0 Å². The van der Waals surface area contributed by atoms with E-state index < -0.39 is 0 Å². The van der Waals surface area contributed by atoms with Gasteiger partial charge in [0.2, 0.25) is 0 Å². The fourth-order valence-corrected chi connectivity index (χ4v) is 3.06. The molecule has 2 aromatic rings. The summed E-state index contributed by atoms with van der Waals surface area (Å²) in [5.74, 6) is 0.415. The van der Waals surface area contributed by atoms with E-state index in [1.165, 1.54) is 0 Å². The molecule has 9 heteroatoms. The van der Waals surface area contributed by atoms with E-state index >= 15 is 0 Å². The van der Waals surface area contributed by atoms with Crippen LogP contribution < -0.4 is 4.90 Å². The Morgan fingerprint density at radius 1 is 1.23 bits per heavy atom. The summed E-state index contributed by atoms with van der Waals surface area (Å²) in [4.78, 5) is 6.19. The minimum atomic E-state index is 0.00767. The Hall–Kier alpha value is -2.00. The van der Waals surface area contributed by atoms with E-state index in [1.54, 1.807) is 23.9 Å². The highest BCUT2D eigenvalue weighted by Gasteiger charge is 2.13. The molecule has 0 aliphatic rings. The summed E-state index contributed by atoms with van der Waals surface area (Å²) in [5.41, 5.74) is 4.38. The minimum Gasteiger partial charge on any atom is -0.383 e. The van der Waals surface area contributed by atoms with Crippen LogP contribution in [0.25, 0.3) is 0 Å². The molecule has 0 atom stereocenters. The molecule has 0 saturated carbocycles. The normalized spacial score (nSPS) is 11.5. The Morgan fingerprint density at radius 3 is 2.58 bits per heavy atom. The summed E-state index contributed by atoms with van der Waals surface area (Å²) in [6, 6.07) is 3.50. The zero-order valence-corrected chi connectivity index (χ0v) is 16.4. The second kappa shape index (κ2) is 9.09. The van der Waals surface area contributed by atoms with Crippen molar-refractivity contribution >= 4 is 28.8 Å². The number of anilines is 1. The van der Waals surface area contributed by atoms with Gasteiger partial charge in [0.1, 0.15) is 6.61 Å². The lowest BCUT2D eigenvalue weighted by molar-refractivity contribution is -0.254. The molecule has 2 rings (SSSR count). The number of rotatable bonds is 8. The van der Waals surface area contributed by atoms with E-state index in [-0.39, 0.29) is 6.61 Å². The summed E-state index contributed by atoms with van der Waals surface area (Å²) in [5, 5.41) is 22.2. The molecule has 1 heterocycles. The Kier molecular flexibility index (Phi) is 7.10. The Morgan fingerprint density at radius 2 is 1.96 bits per heavy atom. The number of halogens is 1. The van der Waals surface area contributed by atoms with Crippen molar-refractivity contribution in [3.63, 3.8) is 0 Å². The van der Waals surface area contributed by atoms with Gasteiger partial charge in [0.05, 0.1) is 35.2 Å². The van der Waals surface area contributed by atoms with E-state index in [4.69, 9.17) is 21.6 Å². The molecule has 142 valence electrons. The van der Waals surface area contributed by atoms with Crippen LogP contribution >= 0.6 is 11.6 Å². The average Bonchev–Trinajstić information content (AvgIpc) is 2.97. The predicted octanol–water partition coefficient (Wildman–Crippen LogP) is 4.27. The number of ether oxygens (including phenoxy) is 1. The standard InChI is InChI=1S/C17H24ClN5O3/c1-11-12(2)17(22(3)4)14(18)9-15(11)19-20-16-8-13(10-26-24)23(21-16)6-7-25-5/h8-9,24H,6-7,10H2,1-5H3. The highest BCUT2D eigenvalue weighted by atomic mass is 35.5. The lowest BCUT2D eigenvalue weighted by Gasteiger charge is -2.19. The number of azo groups is 1. The number of benzene rings is 1. The molecule has 0 amide bonds. The summed E-state index contributed by atoms with van der Waals surface area (Å²) >= 11 is 6.39. The van der Waals surface area contributed by atoms with Gasteiger partial charge in [-0.05, 0) is 31.0 Å². The highest BCUT2D eigenvalue weighted by Crippen LogP contribution is 2.37. The zero-order valence-electron chi connectivity index (χ0n) is 15.7. The van der Waals surface area contributed by atoms with Crippen molar-refractivity contribution in [2.45, 2.75) is 27.0 Å². The SMILES string of the molecule is COCCn1nc(N=Nc2cc(Cl)c(N(C)C)c(C)c2C)cc1COO. The third-order valence-corrected chi connectivity index (χ3v) is 4.36. The Labute approximate surface area is 157 Å². The quantitative estimate of drug-likeness (QED) is 0.419. The summed E-state index contributed by atoms with van der Waals surface area (Å²) in [6.07, 6.45) is 0. The molecule has 0 bridgehead atoms. The minimum absolute atomic E-state index is 0.00767. The number of aromatic nitrogens is 2. The molecular formula is C17H24ClN5O3. The molecule has 0 aliphatic heterocycles. The molecule has 0 saturated heterocycles. The van der Waals surface area contributed by atoms with Gasteiger partial charge in [0.15, 0.2) is 5.82 Å². The zero-order chi connectivity index (χ0) is 19.3. The molecule has 26 heavy (non-hydrogen) atoms. The first-order chi connectivity index (χ1) is 12.4. The monoisotopic (exact) mass is 381 g/mol. The third-order valence-electron chi connectivity index (χ3n) is 4.07. The van der Waals surface area contributed by atoms with Crippen molar-refractivity contribution in [1.29, 1.82) is 0 Å². The summed E-state index contributed by atoms with van der Waals surface area (Å²) in [7, 11) is 5.51. The van der Waals surface area contributed by atoms with Gasteiger partial charge in [-0.15, -0.1) is 10.2 Å². The van der Waals surface area contributed by atoms with E-state index in [2.05, 4.69) is 20.2 Å². The predicted molar refractivity (Wildman–Crippen MR) is 101 cm³/mol. The van der Waals surface area contributed by atoms with Gasteiger partial charge >= 0.3 is 0 Å². The molecule has 0 spiro atoms. The maximum atomic E-state index is 8.71. The van der Waals surface area contributed by atoms with Gasteiger partial charge in [0.25, 0.3) is 0 Å². The maximum absolute atomic E-state index is 8.71. The topological polar surface area (TPSA) is 84.5 Å². The van der Waals surface area contributed by atoms with Crippen molar-refractivity contribution in [2.75, 3.05) is 32.7 Å². The number of methoxy groups -OCH3 is 1. The van der Waals surface area contributed by atoms with Gasteiger partial charge < -0.3 is 9.64 Å². The first kappa shape index (κ1) is 20.3. The van der Waals surface area contributed by atoms with Gasteiger partial charge in [-0.2, -0.15) is 5.10 Å². The second-order valence-electron chi connectivity index (χ2n) is 6.05. The van der Waals surface area contributed by atoms with Crippen molar-refractivity contribution < 1.29 is 14.9 Å². The summed E-state index contributed by atoms with van der Waals surface area (Å²) in [6.45, 7) is 5.00. The van der Waals surface area contributed by atoms with Crippen LogP contribution in [0.3, 0.4) is 0 Å². The summed E-state index contributed by atoms with van der Waals surface area (Å²) < 4.78 is 6.71. The van der Waals surface area contributed by atoms with Crippen LogP contribution in [0.1, 0.15) is 16.8 Å². The van der Waals surface area contributed by atoms with Gasteiger partial charge in [0, 0.05) is 27.3 Å². The first-order valence-corrected chi connectivity index (χ1v) is 8.47. The van der Waals surface area contributed by atoms with Gasteiger partial charge in [-0.25, -0.2) is 4.89 Å². The molecule has 0 fully saturated rings. The van der Waals surface area contributed by atoms with Crippen LogP contribution in [0.15, 0.2) is 22.4 Å². The smallest absolute Gasteiger partial charge is 0.196 e. The molecule has 1 N–H and O–H groups in total. The van der Waals surface area contributed by atoms with E-state index in [1.807, 2.05) is 32.8 Å². The fraction of sp³-hybridized carbons (Fsp3) is 0.471. The van der Waals surface area contributed by atoms with Crippen molar-refractivity contribution in [3.8, 4) is 0 Å². The Balaban J connectivity index is 2.32. The molecule has 0 unspecified atom stereocenters. The van der Waals surface area contributed by atoms with E-state index in [0.717, 1.165) is 16.8 Å². The highest BCUT2D eigenvalue weighted by molar-refractivity contribution is 6.33. The fourth-order valence-electron chi connectivity index (χ4n) is 2.65. The van der Waals surface area contributed by atoms with Crippen LogP contribution in [-0.2, 0) is 22.8 Å². The lowest BCUT2D eigenvalue weighted by Crippen LogP contribution is -2.11. The molecule has 0 aliphatic carbocycles. The Bertz CT molecular complexity index is 789. The first-order valence-electron chi connectivity index (χ1n) is 8.09. The maximum Gasteiger partial charge on any atom is 0.196 e. The second-order valence-corrected chi connectivity index (χ2v) is 6.46. The molecular weight excluding hydrogens is 358 g/mol. The van der Waals surface area contributed by atoms with Crippen LogP contribution in [-0.4, -0.2) is 42.8 Å². The van der Waals surface area contributed by atoms with Crippen LogP contribution in [0.5, 0.6) is 0 Å². The van der Waals surface area contributed by atoms with E-state index in [0.29, 0.717) is 35.4 Å². The molecule has 8 nitrogen and oxygen atoms in total. The largest absolute Gasteiger partial charge is 0.383 e. The molecule has 1 aromatic heterocycles. The lowest BCUT2D eigenvalue weighted by atomic mass is 10.1. The van der Waals surface area contributed by atoms with E-state index in [9.17, 15) is 0 Å². The van der Waals surface area contributed by atoms with Gasteiger partial charge in [-0.3, -0.25) is 9.94 Å². The van der Waals surface area contributed by atoms with Crippen LogP contribution in [0, 0.1) is 13.8 Å². The molecule has 1 aromatic carbocycles. The van der Waals surface area contributed by atoms with Crippen molar-refractivity contribution in [1.82, 2.24) is 9.78 Å². The number of hydrogen-bond donors (Lipinski definition) is 1. The van der Waals surface area contributed by atoms with Crippen LogP contribution in [0.2, 0.25) is 5.02 Å². The van der Waals surface area contributed by atoms with Crippen molar-refractivity contribution in [2.24, 2.45) is 10.2 Å². The molecule has 0 radical (unpaired) electrons. The van der Waals surface area contributed by atoms with Gasteiger partial charge in [-0.1, -0.05) is 11.6 Å².